The van der Waals surface area contributed by atoms with Crippen molar-refractivity contribution in [1.82, 2.24) is 14.8 Å². The van der Waals surface area contributed by atoms with Crippen molar-refractivity contribution in [3.05, 3.63) is 71.3 Å². The Morgan fingerprint density at radius 3 is 2.59 bits per heavy atom. The predicted octanol–water partition coefficient (Wildman–Crippen LogP) is 5.58. The number of amides is 1. The molecule has 166 valence electrons. The number of hydrogen-bond acceptors (Lipinski definition) is 6. The van der Waals surface area contributed by atoms with E-state index in [1.165, 1.54) is 12.5 Å². The molecule has 0 aliphatic heterocycles. The van der Waals surface area contributed by atoms with Gasteiger partial charge in [-0.3, -0.25) is 9.36 Å². The number of aromatic nitrogens is 3. The van der Waals surface area contributed by atoms with Gasteiger partial charge in [0.2, 0.25) is 11.7 Å². The molecular formula is C20H14ClF3N4O3S. The zero-order valence-electron chi connectivity index (χ0n) is 16.1. The van der Waals surface area contributed by atoms with Crippen molar-refractivity contribution in [2.24, 2.45) is 0 Å². The van der Waals surface area contributed by atoms with Crippen molar-refractivity contribution in [3.63, 3.8) is 0 Å². The number of benzene rings is 1. The van der Waals surface area contributed by atoms with Crippen LogP contribution in [0, 0.1) is 0 Å². The van der Waals surface area contributed by atoms with Crippen LogP contribution in [0.15, 0.2) is 69.0 Å². The fourth-order valence-electron chi connectivity index (χ4n) is 2.80. The molecule has 0 atom stereocenters. The first kappa shape index (κ1) is 22.0. The number of carbonyl (C=O) groups is 1. The standard InChI is InChI=1S/C20H14ClF3N4O3S/c21-14-6-5-12(20(22,23)24)9-15(14)25-17(29)11-32-19-27-26-18(16-4-2-8-31-16)28(19)10-13-3-1-7-30-13/h1-9H,10-11H2,(H,25,29). The number of alkyl halides is 3. The molecule has 0 saturated carbocycles. The van der Waals surface area contributed by atoms with Gasteiger partial charge in [0, 0.05) is 0 Å². The van der Waals surface area contributed by atoms with E-state index in [4.69, 9.17) is 20.4 Å². The van der Waals surface area contributed by atoms with E-state index in [1.54, 1.807) is 28.8 Å². The summed E-state index contributed by atoms with van der Waals surface area (Å²) in [5, 5.41) is 11.1. The number of furan rings is 2. The highest BCUT2D eigenvalue weighted by molar-refractivity contribution is 7.99. The van der Waals surface area contributed by atoms with Gasteiger partial charge < -0.3 is 14.2 Å². The molecule has 3 heterocycles. The summed E-state index contributed by atoms with van der Waals surface area (Å²) in [4.78, 5) is 12.4. The molecule has 0 bridgehead atoms. The van der Waals surface area contributed by atoms with E-state index in [0.29, 0.717) is 29.0 Å². The largest absolute Gasteiger partial charge is 0.467 e. The molecule has 0 saturated heterocycles. The van der Waals surface area contributed by atoms with Gasteiger partial charge in [-0.2, -0.15) is 13.2 Å². The molecule has 0 radical (unpaired) electrons. The van der Waals surface area contributed by atoms with Gasteiger partial charge >= 0.3 is 6.18 Å². The fourth-order valence-corrected chi connectivity index (χ4v) is 3.70. The number of rotatable bonds is 7. The third-order valence-electron chi connectivity index (χ3n) is 4.25. The van der Waals surface area contributed by atoms with Gasteiger partial charge in [0.25, 0.3) is 0 Å². The number of halogens is 4. The van der Waals surface area contributed by atoms with E-state index in [-0.39, 0.29) is 16.5 Å². The third-order valence-corrected chi connectivity index (χ3v) is 5.55. The maximum Gasteiger partial charge on any atom is 0.416 e. The topological polar surface area (TPSA) is 86.1 Å². The van der Waals surface area contributed by atoms with Crippen LogP contribution in [0.3, 0.4) is 0 Å². The Morgan fingerprint density at radius 1 is 1.12 bits per heavy atom. The van der Waals surface area contributed by atoms with Crippen LogP contribution in [0.2, 0.25) is 5.02 Å². The van der Waals surface area contributed by atoms with Gasteiger partial charge in [-0.1, -0.05) is 23.4 Å². The van der Waals surface area contributed by atoms with Crippen LogP contribution in [0.5, 0.6) is 0 Å². The summed E-state index contributed by atoms with van der Waals surface area (Å²) < 4.78 is 51.3. The normalized spacial score (nSPS) is 11.6. The summed E-state index contributed by atoms with van der Waals surface area (Å²) >= 11 is 7.00. The second kappa shape index (κ2) is 9.13. The Kier molecular flexibility index (Phi) is 6.28. The molecule has 0 aliphatic carbocycles. The second-order valence-electron chi connectivity index (χ2n) is 6.48. The van der Waals surface area contributed by atoms with E-state index >= 15 is 0 Å². The van der Waals surface area contributed by atoms with Crippen molar-refractivity contribution < 1.29 is 26.8 Å². The average molecular weight is 483 g/mol. The Bertz CT molecular complexity index is 1210. The van der Waals surface area contributed by atoms with Gasteiger partial charge in [-0.25, -0.2) is 0 Å². The van der Waals surface area contributed by atoms with Crippen molar-refractivity contribution >= 4 is 35.0 Å². The van der Waals surface area contributed by atoms with Gasteiger partial charge in [-0.05, 0) is 42.5 Å². The van der Waals surface area contributed by atoms with Gasteiger partial charge in [0.15, 0.2) is 10.9 Å². The number of carbonyl (C=O) groups excluding carboxylic acids is 1. The molecule has 0 fully saturated rings. The molecule has 7 nitrogen and oxygen atoms in total. The number of thioether (sulfide) groups is 1. The fraction of sp³-hybridized carbons (Fsp3) is 0.150. The van der Waals surface area contributed by atoms with Crippen LogP contribution in [-0.4, -0.2) is 26.4 Å². The smallest absolute Gasteiger partial charge is 0.416 e. The molecule has 12 heteroatoms. The van der Waals surface area contributed by atoms with E-state index in [0.717, 1.165) is 30.0 Å². The van der Waals surface area contributed by atoms with Crippen molar-refractivity contribution in [3.8, 4) is 11.6 Å². The van der Waals surface area contributed by atoms with Gasteiger partial charge in [0.1, 0.15) is 5.76 Å². The zero-order valence-corrected chi connectivity index (χ0v) is 17.7. The van der Waals surface area contributed by atoms with Crippen LogP contribution < -0.4 is 5.32 Å². The molecular weight excluding hydrogens is 469 g/mol. The van der Waals surface area contributed by atoms with E-state index in [2.05, 4.69) is 15.5 Å². The van der Waals surface area contributed by atoms with Gasteiger partial charge in [-0.15, -0.1) is 10.2 Å². The SMILES string of the molecule is O=C(CSc1nnc(-c2ccco2)n1Cc1ccco1)Nc1cc(C(F)(F)F)ccc1Cl. The molecule has 0 spiro atoms. The molecule has 1 N–H and O–H groups in total. The number of nitrogens with one attached hydrogen (secondary N) is 1. The minimum Gasteiger partial charge on any atom is -0.467 e. The molecule has 0 aliphatic rings. The molecule has 4 rings (SSSR count). The first-order valence-electron chi connectivity index (χ1n) is 9.10. The van der Waals surface area contributed by atoms with Gasteiger partial charge in [0.05, 0.1) is 41.1 Å². The first-order chi connectivity index (χ1) is 15.3. The molecule has 4 aromatic rings. The number of anilines is 1. The maximum atomic E-state index is 12.9. The number of hydrogen-bond donors (Lipinski definition) is 1. The summed E-state index contributed by atoms with van der Waals surface area (Å²) in [7, 11) is 0. The van der Waals surface area contributed by atoms with Crippen LogP contribution in [-0.2, 0) is 17.5 Å². The third kappa shape index (κ3) is 5.00. The highest BCUT2D eigenvalue weighted by Gasteiger charge is 2.31. The summed E-state index contributed by atoms with van der Waals surface area (Å²) in [6.45, 7) is 0.291. The Hall–Kier alpha value is -3.18. The highest BCUT2D eigenvalue weighted by atomic mass is 35.5. The van der Waals surface area contributed by atoms with Crippen LogP contribution in [0.4, 0.5) is 18.9 Å². The monoisotopic (exact) mass is 482 g/mol. The summed E-state index contributed by atoms with van der Waals surface area (Å²) in [6, 6.07) is 9.68. The lowest BCUT2D eigenvalue weighted by atomic mass is 10.2. The average Bonchev–Trinajstić information content (AvgIpc) is 3.50. The Morgan fingerprint density at radius 2 is 1.91 bits per heavy atom. The van der Waals surface area contributed by atoms with Crippen molar-refractivity contribution in [2.45, 2.75) is 17.9 Å². The minimum atomic E-state index is -4.55. The quantitative estimate of drug-likeness (QED) is 0.346. The predicted molar refractivity (Wildman–Crippen MR) is 111 cm³/mol. The maximum absolute atomic E-state index is 12.9. The van der Waals surface area contributed by atoms with Crippen LogP contribution >= 0.6 is 23.4 Å². The summed E-state index contributed by atoms with van der Waals surface area (Å²) in [5.41, 5.74) is -1.04. The molecule has 0 unspecified atom stereocenters. The Labute approximate surface area is 188 Å². The zero-order chi connectivity index (χ0) is 22.7. The lowest BCUT2D eigenvalue weighted by Gasteiger charge is -2.12. The van der Waals surface area contributed by atoms with E-state index in [1.807, 2.05) is 0 Å². The van der Waals surface area contributed by atoms with Crippen LogP contribution in [0.25, 0.3) is 11.6 Å². The van der Waals surface area contributed by atoms with Crippen molar-refractivity contribution in [1.29, 1.82) is 0 Å². The van der Waals surface area contributed by atoms with E-state index < -0.39 is 17.6 Å². The molecule has 3 aromatic heterocycles. The Balaban J connectivity index is 1.50. The highest BCUT2D eigenvalue weighted by Crippen LogP contribution is 2.34. The van der Waals surface area contributed by atoms with Crippen LogP contribution in [0.1, 0.15) is 11.3 Å². The minimum absolute atomic E-state index is 0.00237. The molecule has 1 amide bonds. The second-order valence-corrected chi connectivity index (χ2v) is 7.83. The number of nitrogens with zero attached hydrogens (tertiary/aromatic N) is 3. The molecule has 32 heavy (non-hydrogen) atoms. The van der Waals surface area contributed by atoms with E-state index in [9.17, 15) is 18.0 Å². The lowest BCUT2D eigenvalue weighted by Crippen LogP contribution is -2.16. The summed E-state index contributed by atoms with van der Waals surface area (Å²) in [6.07, 6.45) is -1.52. The lowest BCUT2D eigenvalue weighted by molar-refractivity contribution is -0.137. The van der Waals surface area contributed by atoms with Crippen molar-refractivity contribution in [2.75, 3.05) is 11.1 Å². The first-order valence-corrected chi connectivity index (χ1v) is 10.5. The molecule has 1 aromatic carbocycles. The summed E-state index contributed by atoms with van der Waals surface area (Å²) in [5.74, 6) is 0.871.